The van der Waals surface area contributed by atoms with Crippen molar-refractivity contribution < 1.29 is 24.2 Å². The molecule has 6 heterocycles. The van der Waals surface area contributed by atoms with Crippen molar-refractivity contribution in [1.82, 2.24) is 14.5 Å². The van der Waals surface area contributed by atoms with Crippen molar-refractivity contribution in [2.75, 3.05) is 49.6 Å². The van der Waals surface area contributed by atoms with Crippen LogP contribution >= 0.6 is 0 Å². The normalized spacial score (nSPS) is 22.1. The minimum atomic E-state index is -1.90. The van der Waals surface area contributed by atoms with Gasteiger partial charge in [-0.25, -0.2) is 14.6 Å². The number of aliphatic hydroxyl groups is 1. The highest BCUT2D eigenvalue weighted by atomic mass is 16.6. The first kappa shape index (κ1) is 23.3. The van der Waals surface area contributed by atoms with Crippen LogP contribution in [0.15, 0.2) is 29.1 Å². The predicted octanol–water partition coefficient (Wildman–Crippen LogP) is 1.76. The molecular weight excluding hydrogens is 490 g/mol. The lowest BCUT2D eigenvalue weighted by Crippen LogP contribution is -2.46. The number of morpholine rings is 1. The Morgan fingerprint density at radius 1 is 1.13 bits per heavy atom. The van der Waals surface area contributed by atoms with Crippen LogP contribution in [-0.4, -0.2) is 71.0 Å². The number of nitrogens with one attached hydrogen (secondary N) is 1. The van der Waals surface area contributed by atoms with Crippen molar-refractivity contribution in [3.8, 4) is 11.4 Å². The van der Waals surface area contributed by atoms with E-state index >= 15 is 0 Å². The van der Waals surface area contributed by atoms with Crippen LogP contribution in [0.2, 0.25) is 0 Å². The summed E-state index contributed by atoms with van der Waals surface area (Å²) in [7, 11) is 0. The fourth-order valence-electron chi connectivity index (χ4n) is 6.07. The number of carbonyl (C=O) groups is 2. The molecule has 1 saturated heterocycles. The number of rotatable bonds is 4. The Morgan fingerprint density at radius 2 is 1.95 bits per heavy atom. The molecule has 11 heteroatoms. The Labute approximate surface area is 217 Å². The maximum absolute atomic E-state index is 13.7. The summed E-state index contributed by atoms with van der Waals surface area (Å²) in [4.78, 5) is 48.5. The average Bonchev–Trinajstić information content (AvgIpc) is 3.30. The van der Waals surface area contributed by atoms with Crippen LogP contribution in [0.25, 0.3) is 22.3 Å². The van der Waals surface area contributed by atoms with E-state index in [-0.39, 0.29) is 42.3 Å². The van der Waals surface area contributed by atoms with Crippen molar-refractivity contribution in [2.45, 2.75) is 32.1 Å². The largest absolute Gasteiger partial charge is 0.458 e. The minimum Gasteiger partial charge on any atom is -0.458 e. The molecule has 196 valence electrons. The van der Waals surface area contributed by atoms with Crippen LogP contribution < -0.4 is 15.8 Å². The molecule has 0 aliphatic carbocycles. The van der Waals surface area contributed by atoms with E-state index in [1.165, 1.54) is 0 Å². The quantitative estimate of drug-likeness (QED) is 0.392. The van der Waals surface area contributed by atoms with Gasteiger partial charge < -0.3 is 24.5 Å². The highest BCUT2D eigenvalue weighted by Gasteiger charge is 2.46. The number of nitrogens with zero attached hydrogens (tertiary/aromatic N) is 4. The Morgan fingerprint density at radius 3 is 2.74 bits per heavy atom. The molecule has 0 spiro atoms. The number of cyclic esters (lactones) is 1. The molecule has 0 saturated carbocycles. The number of esters is 1. The molecule has 1 unspecified atom stereocenters. The van der Waals surface area contributed by atoms with Gasteiger partial charge in [0.25, 0.3) is 5.56 Å². The van der Waals surface area contributed by atoms with Gasteiger partial charge in [-0.3, -0.25) is 14.6 Å². The molecular formula is C27H27N5O6. The molecule has 4 aliphatic rings. The fourth-order valence-corrected chi connectivity index (χ4v) is 6.07. The van der Waals surface area contributed by atoms with Gasteiger partial charge in [0.05, 0.1) is 53.6 Å². The van der Waals surface area contributed by atoms with Gasteiger partial charge in [0.1, 0.15) is 6.61 Å². The van der Waals surface area contributed by atoms with Gasteiger partial charge in [-0.2, -0.15) is 0 Å². The smallest absolute Gasteiger partial charge is 0.343 e. The maximum Gasteiger partial charge on any atom is 0.343 e. The SMILES string of the molecule is CCC1(O)C(=O)OCc2c1cc1n(c2=O)Cc2c-1nc1cccc3c1c2N(CCN1CCOCC1)C(=O)N3. The van der Waals surface area contributed by atoms with E-state index in [2.05, 4.69) is 10.2 Å². The maximum atomic E-state index is 13.7. The summed E-state index contributed by atoms with van der Waals surface area (Å²) in [6.07, 6.45) is 0.0732. The van der Waals surface area contributed by atoms with Crippen LogP contribution in [-0.2, 0) is 33.0 Å². The minimum absolute atomic E-state index is 0.0732. The number of hydrogen-bond acceptors (Lipinski definition) is 8. The second kappa shape index (κ2) is 8.35. The zero-order chi connectivity index (χ0) is 26.2. The van der Waals surface area contributed by atoms with Gasteiger partial charge in [-0.05, 0) is 24.6 Å². The molecule has 1 fully saturated rings. The highest BCUT2D eigenvalue weighted by Crippen LogP contribution is 2.46. The van der Waals surface area contributed by atoms with E-state index in [1.807, 2.05) is 18.2 Å². The average molecular weight is 518 g/mol. The first-order chi connectivity index (χ1) is 18.4. The lowest BCUT2D eigenvalue weighted by molar-refractivity contribution is -0.172. The number of urea groups is 1. The first-order valence-electron chi connectivity index (χ1n) is 12.9. The van der Waals surface area contributed by atoms with Crippen molar-refractivity contribution >= 4 is 34.3 Å². The van der Waals surface area contributed by atoms with Gasteiger partial charge in [0.2, 0.25) is 0 Å². The number of fused-ring (bicyclic) bond motifs is 5. The summed E-state index contributed by atoms with van der Waals surface area (Å²) >= 11 is 0. The molecule has 2 aromatic heterocycles. The Kier molecular flexibility index (Phi) is 5.13. The molecule has 0 radical (unpaired) electrons. The van der Waals surface area contributed by atoms with Gasteiger partial charge in [0.15, 0.2) is 5.60 Å². The zero-order valence-electron chi connectivity index (χ0n) is 21.0. The molecule has 2 amide bonds. The molecule has 1 atom stereocenters. The number of pyridine rings is 2. The van der Waals surface area contributed by atoms with Crippen LogP contribution in [0, 0.1) is 0 Å². The summed E-state index contributed by atoms with van der Waals surface area (Å²) in [5.41, 5.74) is 2.31. The number of carbonyl (C=O) groups excluding carboxylic acids is 2. The Bertz CT molecular complexity index is 1590. The van der Waals surface area contributed by atoms with Crippen molar-refractivity contribution in [1.29, 1.82) is 0 Å². The molecule has 0 bridgehead atoms. The van der Waals surface area contributed by atoms with Crippen molar-refractivity contribution in [3.63, 3.8) is 0 Å². The van der Waals surface area contributed by atoms with E-state index in [4.69, 9.17) is 14.5 Å². The molecule has 11 nitrogen and oxygen atoms in total. The van der Waals surface area contributed by atoms with E-state index in [0.29, 0.717) is 48.9 Å². The third-order valence-corrected chi connectivity index (χ3v) is 8.19. The predicted molar refractivity (Wildman–Crippen MR) is 138 cm³/mol. The molecule has 38 heavy (non-hydrogen) atoms. The first-order valence-corrected chi connectivity index (χ1v) is 12.9. The van der Waals surface area contributed by atoms with E-state index in [1.54, 1.807) is 22.5 Å². The standard InChI is InChI=1S/C27H27N5O6/c1-2-27(36)17-12-20-22-15(13-32(20)24(33)16(17)14-38-25(27)34)23-21-18(28-22)4-3-5-19(21)29-26(35)31(23)7-6-30-8-10-37-11-9-30/h3-5,12,36H,2,6-11,13-14H2,1H3,(H,29,35). The van der Waals surface area contributed by atoms with Crippen molar-refractivity contribution in [3.05, 3.63) is 51.3 Å². The third-order valence-electron chi connectivity index (χ3n) is 8.19. The molecule has 1 aromatic carbocycles. The summed E-state index contributed by atoms with van der Waals surface area (Å²) < 4.78 is 12.3. The van der Waals surface area contributed by atoms with Crippen LogP contribution in [0.1, 0.15) is 30.0 Å². The van der Waals surface area contributed by atoms with Crippen molar-refractivity contribution in [2.24, 2.45) is 0 Å². The topological polar surface area (TPSA) is 126 Å². The summed E-state index contributed by atoms with van der Waals surface area (Å²) in [6.45, 7) is 5.82. The van der Waals surface area contributed by atoms with Crippen LogP contribution in [0.3, 0.4) is 0 Å². The monoisotopic (exact) mass is 517 g/mol. The number of benzene rings is 1. The second-order valence-electron chi connectivity index (χ2n) is 10.1. The lowest BCUT2D eigenvalue weighted by atomic mass is 9.86. The van der Waals surface area contributed by atoms with E-state index in [9.17, 15) is 19.5 Å². The van der Waals surface area contributed by atoms with Crippen LogP contribution in [0.5, 0.6) is 0 Å². The second-order valence-corrected chi connectivity index (χ2v) is 10.1. The number of hydrogen-bond donors (Lipinski definition) is 2. The summed E-state index contributed by atoms with van der Waals surface area (Å²) in [5.74, 6) is -0.757. The van der Waals surface area contributed by atoms with Gasteiger partial charge in [0, 0.05) is 42.7 Å². The lowest BCUT2D eigenvalue weighted by Gasteiger charge is -2.34. The van der Waals surface area contributed by atoms with Crippen LogP contribution in [0.4, 0.5) is 16.2 Å². The zero-order valence-corrected chi connectivity index (χ0v) is 21.0. The number of amides is 2. The third kappa shape index (κ3) is 3.19. The molecule has 4 aliphatic heterocycles. The van der Waals surface area contributed by atoms with E-state index in [0.717, 1.165) is 29.7 Å². The molecule has 3 aromatic rings. The molecule has 7 rings (SSSR count). The van der Waals surface area contributed by atoms with Gasteiger partial charge >= 0.3 is 12.0 Å². The number of anilines is 2. The van der Waals surface area contributed by atoms with Gasteiger partial charge in [-0.1, -0.05) is 13.0 Å². The van der Waals surface area contributed by atoms with E-state index < -0.39 is 11.6 Å². The summed E-state index contributed by atoms with van der Waals surface area (Å²) in [6, 6.07) is 7.05. The Hall–Kier alpha value is -3.80. The number of ether oxygens (including phenoxy) is 2. The number of aromatic nitrogens is 2. The highest BCUT2D eigenvalue weighted by molar-refractivity contribution is 6.19. The Balaban J connectivity index is 1.41. The fraction of sp³-hybridized carbons (Fsp3) is 0.407. The molecule has 2 N–H and O–H groups in total. The summed E-state index contributed by atoms with van der Waals surface area (Å²) in [5, 5.41) is 15.0. The van der Waals surface area contributed by atoms with Gasteiger partial charge in [-0.15, -0.1) is 0 Å².